The Morgan fingerprint density at radius 2 is 1.89 bits per heavy atom. The average molecular weight is 367 g/mol. The Morgan fingerprint density at radius 1 is 1.11 bits per heavy atom. The van der Waals surface area contributed by atoms with Gasteiger partial charge in [-0.05, 0) is 98.7 Å². The van der Waals surface area contributed by atoms with E-state index >= 15 is 0 Å². The molecule has 4 rings (SSSR count). The lowest BCUT2D eigenvalue weighted by molar-refractivity contribution is -0.00479. The smallest absolute Gasteiger partial charge is 0.0143 e. The van der Waals surface area contributed by atoms with Gasteiger partial charge in [0.25, 0.3) is 0 Å². The van der Waals surface area contributed by atoms with Gasteiger partial charge in [-0.15, -0.1) is 0 Å². The van der Waals surface area contributed by atoms with Gasteiger partial charge in [-0.1, -0.05) is 69.6 Å². The van der Waals surface area contributed by atoms with Crippen LogP contribution in [-0.2, 0) is 0 Å². The zero-order valence-corrected chi connectivity index (χ0v) is 18.4. The van der Waals surface area contributed by atoms with Gasteiger partial charge >= 0.3 is 0 Å². The van der Waals surface area contributed by atoms with Crippen molar-refractivity contribution >= 4 is 0 Å². The van der Waals surface area contributed by atoms with Gasteiger partial charge in [0.05, 0.1) is 0 Å². The van der Waals surface area contributed by atoms with E-state index in [0.29, 0.717) is 16.7 Å². The maximum Gasteiger partial charge on any atom is -0.0143 e. The van der Waals surface area contributed by atoms with E-state index in [1.807, 2.05) is 5.57 Å². The van der Waals surface area contributed by atoms with E-state index < -0.39 is 0 Å². The highest BCUT2D eigenvalue weighted by Crippen LogP contribution is 2.66. The predicted octanol–water partition coefficient (Wildman–Crippen LogP) is 8.11. The minimum absolute atomic E-state index is 0.535. The Balaban J connectivity index is 1.55. The van der Waals surface area contributed by atoms with E-state index in [-0.39, 0.29) is 0 Å². The van der Waals surface area contributed by atoms with Gasteiger partial charge in [-0.2, -0.15) is 0 Å². The van der Waals surface area contributed by atoms with Crippen LogP contribution in [0.4, 0.5) is 0 Å². The molecule has 0 heterocycles. The summed E-state index contributed by atoms with van der Waals surface area (Å²) in [6.45, 7) is 14.0. The van der Waals surface area contributed by atoms with E-state index in [4.69, 9.17) is 0 Å². The molecule has 0 heteroatoms. The number of fused-ring (bicyclic) bond motifs is 5. The molecule has 4 aliphatic rings. The third-order valence-electron chi connectivity index (χ3n) is 9.61. The van der Waals surface area contributed by atoms with E-state index in [0.717, 1.165) is 30.1 Å². The zero-order valence-electron chi connectivity index (χ0n) is 18.4. The van der Waals surface area contributed by atoms with Crippen molar-refractivity contribution in [1.29, 1.82) is 0 Å². The highest BCUT2D eigenvalue weighted by Gasteiger charge is 2.57. The predicted molar refractivity (Wildman–Crippen MR) is 118 cm³/mol. The van der Waals surface area contributed by atoms with Crippen LogP contribution in [-0.4, -0.2) is 0 Å². The van der Waals surface area contributed by atoms with Gasteiger partial charge in [-0.3, -0.25) is 0 Å². The van der Waals surface area contributed by atoms with Crippen LogP contribution in [0.5, 0.6) is 0 Å². The molecule has 0 aromatic carbocycles. The summed E-state index contributed by atoms with van der Waals surface area (Å²) >= 11 is 0. The van der Waals surface area contributed by atoms with E-state index in [1.165, 1.54) is 63.4 Å². The van der Waals surface area contributed by atoms with Crippen molar-refractivity contribution in [2.75, 3.05) is 0 Å². The summed E-state index contributed by atoms with van der Waals surface area (Å²) in [4.78, 5) is 0. The number of rotatable bonds is 4. The molecule has 0 N–H and O–H groups in total. The molecule has 3 fully saturated rings. The Hall–Kier alpha value is -0.780. The molecular weight excluding hydrogens is 324 g/mol. The Labute approximate surface area is 168 Å². The summed E-state index contributed by atoms with van der Waals surface area (Å²) < 4.78 is 0. The van der Waals surface area contributed by atoms with Crippen molar-refractivity contribution in [3.63, 3.8) is 0 Å². The molecule has 0 nitrogen and oxygen atoms in total. The highest BCUT2D eigenvalue weighted by atomic mass is 14.6. The first-order chi connectivity index (χ1) is 12.9. The normalized spacial score (nSPS) is 45.0. The first-order valence-electron chi connectivity index (χ1n) is 11.9. The minimum Gasteiger partial charge on any atom is -0.0998 e. The van der Waals surface area contributed by atoms with E-state index in [2.05, 4.69) is 52.5 Å². The van der Waals surface area contributed by atoms with E-state index in [1.54, 1.807) is 0 Å². The quantitative estimate of drug-likeness (QED) is 0.441. The first-order valence-corrected chi connectivity index (χ1v) is 11.9. The molecule has 150 valence electrons. The lowest BCUT2D eigenvalue weighted by Crippen LogP contribution is -2.48. The van der Waals surface area contributed by atoms with Crippen molar-refractivity contribution in [2.45, 2.75) is 91.9 Å². The summed E-state index contributed by atoms with van der Waals surface area (Å²) in [5.41, 5.74) is 4.35. The number of hydrogen-bond acceptors (Lipinski definition) is 0. The fraction of sp³-hybridized carbons (Fsp3) is 0.778. The van der Waals surface area contributed by atoms with Gasteiger partial charge in [0.2, 0.25) is 0 Å². The maximum atomic E-state index is 4.05. The molecular formula is C27H42. The summed E-state index contributed by atoms with van der Waals surface area (Å²) in [6, 6.07) is 0. The Kier molecular flexibility index (Phi) is 5.23. The number of allylic oxidation sites excluding steroid dienone is 5. The second-order valence-electron chi connectivity index (χ2n) is 11.2. The molecule has 0 spiro atoms. The van der Waals surface area contributed by atoms with Gasteiger partial charge in [-0.25, -0.2) is 0 Å². The molecule has 0 amide bonds. The van der Waals surface area contributed by atoms with Gasteiger partial charge in [0, 0.05) is 0 Å². The third kappa shape index (κ3) is 3.20. The summed E-state index contributed by atoms with van der Waals surface area (Å²) in [7, 11) is 0. The van der Waals surface area contributed by atoms with Crippen molar-refractivity contribution in [3.8, 4) is 0 Å². The molecule has 0 aromatic heterocycles. The second kappa shape index (κ2) is 7.23. The van der Waals surface area contributed by atoms with Crippen LogP contribution in [0.25, 0.3) is 0 Å². The van der Waals surface area contributed by atoms with Crippen molar-refractivity contribution < 1.29 is 0 Å². The lowest BCUT2D eigenvalue weighted by atomic mass is 9.48. The molecule has 0 radical (unpaired) electrons. The van der Waals surface area contributed by atoms with Crippen LogP contribution in [0.3, 0.4) is 0 Å². The molecule has 3 saturated carbocycles. The fourth-order valence-corrected chi connectivity index (χ4v) is 8.07. The standard InChI is InChI=1S/C27H42/c1-19(2)9-8-10-20(3)23-14-15-24-22-13-12-21-11-6-7-17-26(21,4)25(22)16-18-27(23,24)5/h8,10,13,20-21,23-25H,1,6-7,9,11-12,14-18H2,2-5H3/t20?,21?,23-,24+,25+,26+,27-/m1/s1. The molecule has 0 bridgehead atoms. The molecule has 0 aliphatic heterocycles. The van der Waals surface area contributed by atoms with Crippen LogP contribution in [0.2, 0.25) is 0 Å². The van der Waals surface area contributed by atoms with Crippen LogP contribution in [0, 0.1) is 40.4 Å². The summed E-state index contributed by atoms with van der Waals surface area (Å²) in [6.07, 6.45) is 21.8. The average Bonchev–Trinajstić information content (AvgIpc) is 2.98. The van der Waals surface area contributed by atoms with Gasteiger partial charge in [0.15, 0.2) is 0 Å². The zero-order chi connectivity index (χ0) is 19.2. The summed E-state index contributed by atoms with van der Waals surface area (Å²) in [5.74, 6) is 4.33. The first kappa shape index (κ1) is 19.5. The van der Waals surface area contributed by atoms with Crippen molar-refractivity contribution in [2.24, 2.45) is 40.4 Å². The third-order valence-corrected chi connectivity index (χ3v) is 9.61. The van der Waals surface area contributed by atoms with Gasteiger partial charge in [0.1, 0.15) is 0 Å². The van der Waals surface area contributed by atoms with Crippen LogP contribution < -0.4 is 0 Å². The molecule has 2 unspecified atom stereocenters. The van der Waals surface area contributed by atoms with Gasteiger partial charge < -0.3 is 0 Å². The Bertz CT molecular complexity index is 636. The molecule has 7 atom stereocenters. The SMILES string of the molecule is C=C(C)CC=CC(C)[C@H]1CC[C@H]2C3=CCC4CCCC[C@]4(C)[C@H]3CC[C@]12C. The van der Waals surface area contributed by atoms with Crippen LogP contribution in [0.1, 0.15) is 91.9 Å². The molecule has 0 aromatic rings. The Morgan fingerprint density at radius 3 is 2.67 bits per heavy atom. The molecule has 27 heavy (non-hydrogen) atoms. The minimum atomic E-state index is 0.535. The fourth-order valence-electron chi connectivity index (χ4n) is 8.07. The van der Waals surface area contributed by atoms with Crippen molar-refractivity contribution in [3.05, 3.63) is 36.0 Å². The number of hydrogen-bond donors (Lipinski definition) is 0. The largest absolute Gasteiger partial charge is 0.0998 e. The highest BCUT2D eigenvalue weighted by molar-refractivity contribution is 5.28. The lowest BCUT2D eigenvalue weighted by Gasteiger charge is -2.57. The van der Waals surface area contributed by atoms with Crippen molar-refractivity contribution in [1.82, 2.24) is 0 Å². The molecule has 0 saturated heterocycles. The molecule has 4 aliphatic carbocycles. The van der Waals surface area contributed by atoms with Crippen LogP contribution in [0.15, 0.2) is 36.0 Å². The summed E-state index contributed by atoms with van der Waals surface area (Å²) in [5, 5.41) is 0. The van der Waals surface area contributed by atoms with Crippen LogP contribution >= 0.6 is 0 Å². The topological polar surface area (TPSA) is 0 Å². The second-order valence-corrected chi connectivity index (χ2v) is 11.2. The monoisotopic (exact) mass is 366 g/mol. The van der Waals surface area contributed by atoms with E-state index in [9.17, 15) is 0 Å². The maximum absolute atomic E-state index is 4.05.